The Morgan fingerprint density at radius 2 is 1.77 bits per heavy atom. The van der Waals surface area contributed by atoms with E-state index in [4.69, 9.17) is 9.47 Å². The molecule has 3 atom stereocenters. The summed E-state index contributed by atoms with van der Waals surface area (Å²) < 4.78 is 38.7. The molecule has 0 N–H and O–H groups in total. The van der Waals surface area contributed by atoms with Crippen LogP contribution >= 0.6 is 0 Å². The second-order valence-electron chi connectivity index (χ2n) is 8.81. The maximum atomic E-state index is 14.0. The number of carbonyl (C=O) groups excluding carboxylic acids is 3. The van der Waals surface area contributed by atoms with Crippen molar-refractivity contribution in [1.82, 2.24) is 4.31 Å². The number of aryl methyl sites for hydroxylation is 1. The van der Waals surface area contributed by atoms with Crippen molar-refractivity contribution in [3.05, 3.63) is 77.9 Å². The number of piperidine rings is 1. The zero-order valence-corrected chi connectivity index (χ0v) is 20.4. The van der Waals surface area contributed by atoms with E-state index in [-0.39, 0.29) is 24.5 Å². The van der Waals surface area contributed by atoms with Gasteiger partial charge in [0.2, 0.25) is 0 Å². The lowest BCUT2D eigenvalue weighted by molar-refractivity contribution is -0.186. The van der Waals surface area contributed by atoms with Crippen molar-refractivity contribution in [1.29, 1.82) is 0 Å². The minimum absolute atomic E-state index is 0.0573. The van der Waals surface area contributed by atoms with Gasteiger partial charge in [-0.05, 0) is 49.5 Å². The topological polar surface area (TPSA) is 107 Å². The van der Waals surface area contributed by atoms with Gasteiger partial charge in [0.1, 0.15) is 12.7 Å². The van der Waals surface area contributed by atoms with Crippen LogP contribution in [-0.2, 0) is 40.5 Å². The third-order valence-corrected chi connectivity index (χ3v) is 8.33. The maximum Gasteiger partial charge on any atom is 0.326 e. The summed E-state index contributed by atoms with van der Waals surface area (Å²) in [6, 6.07) is 15.1. The number of amides is 1. The first-order valence-electron chi connectivity index (χ1n) is 11.4. The molecule has 8 nitrogen and oxygen atoms in total. The Morgan fingerprint density at radius 3 is 2.43 bits per heavy atom. The molecular weight excluding hydrogens is 470 g/mol. The Kier molecular flexibility index (Phi) is 6.80. The minimum Gasteiger partial charge on any atom is -0.460 e. The zero-order chi connectivity index (χ0) is 25.2. The molecule has 1 aliphatic carbocycles. The summed E-state index contributed by atoms with van der Waals surface area (Å²) in [5.74, 6) is -3.13. The number of allylic oxidation sites excluding steroid dienone is 1. The molecule has 2 aromatic rings. The molecule has 1 saturated heterocycles. The fourth-order valence-electron chi connectivity index (χ4n) is 4.75. The molecule has 1 fully saturated rings. The van der Waals surface area contributed by atoms with E-state index in [9.17, 15) is 22.8 Å². The van der Waals surface area contributed by atoms with Gasteiger partial charge < -0.3 is 9.47 Å². The van der Waals surface area contributed by atoms with Gasteiger partial charge in [-0.1, -0.05) is 54.1 Å². The SMILES string of the molecule is CC(=O)OC1C=CC[C@H]2CCN(S(=O)(=O)c3ccc(C)cc3)C(=O)[C@@]12C(=O)OCc1ccccc1. The van der Waals surface area contributed by atoms with E-state index in [2.05, 4.69) is 0 Å². The number of esters is 2. The van der Waals surface area contributed by atoms with Crippen LogP contribution in [0.4, 0.5) is 0 Å². The van der Waals surface area contributed by atoms with Gasteiger partial charge in [-0.2, -0.15) is 0 Å². The van der Waals surface area contributed by atoms with Crippen LogP contribution < -0.4 is 0 Å². The molecule has 184 valence electrons. The van der Waals surface area contributed by atoms with Crippen LogP contribution in [0.1, 0.15) is 30.9 Å². The van der Waals surface area contributed by atoms with Crippen LogP contribution in [0, 0.1) is 18.3 Å². The second kappa shape index (κ2) is 9.65. The van der Waals surface area contributed by atoms with Crippen molar-refractivity contribution in [2.75, 3.05) is 6.54 Å². The number of carbonyl (C=O) groups is 3. The summed E-state index contributed by atoms with van der Waals surface area (Å²) in [5.41, 5.74) is -0.440. The Balaban J connectivity index is 1.76. The number of hydrogen-bond acceptors (Lipinski definition) is 7. The molecule has 0 spiro atoms. The first kappa shape index (κ1) is 24.7. The van der Waals surface area contributed by atoms with Crippen molar-refractivity contribution in [3.8, 4) is 0 Å². The van der Waals surface area contributed by atoms with E-state index >= 15 is 0 Å². The van der Waals surface area contributed by atoms with Crippen LogP contribution in [0.5, 0.6) is 0 Å². The summed E-state index contributed by atoms with van der Waals surface area (Å²) in [6.07, 6.45) is 2.51. The molecule has 0 radical (unpaired) electrons. The average molecular weight is 498 g/mol. The molecule has 9 heteroatoms. The van der Waals surface area contributed by atoms with Crippen molar-refractivity contribution < 1.29 is 32.3 Å². The van der Waals surface area contributed by atoms with Crippen LogP contribution in [0.2, 0.25) is 0 Å². The fraction of sp³-hybridized carbons (Fsp3) is 0.346. The predicted molar refractivity (Wildman–Crippen MR) is 126 cm³/mol. The summed E-state index contributed by atoms with van der Waals surface area (Å²) in [4.78, 5) is 39.6. The summed E-state index contributed by atoms with van der Waals surface area (Å²) in [7, 11) is -4.26. The van der Waals surface area contributed by atoms with Crippen LogP contribution in [-0.4, -0.2) is 43.2 Å². The zero-order valence-electron chi connectivity index (χ0n) is 19.5. The first-order valence-corrected chi connectivity index (χ1v) is 12.8. The Hall–Kier alpha value is -3.46. The molecule has 0 aromatic heterocycles. The smallest absolute Gasteiger partial charge is 0.326 e. The highest BCUT2D eigenvalue weighted by molar-refractivity contribution is 7.89. The number of ether oxygens (including phenoxy) is 2. The Morgan fingerprint density at radius 1 is 1.09 bits per heavy atom. The number of rotatable bonds is 6. The van der Waals surface area contributed by atoms with Gasteiger partial charge in [-0.25, -0.2) is 12.7 Å². The van der Waals surface area contributed by atoms with Crippen molar-refractivity contribution in [3.63, 3.8) is 0 Å². The molecular formula is C26H27NO7S. The molecule has 1 unspecified atom stereocenters. The van der Waals surface area contributed by atoms with Crippen molar-refractivity contribution >= 4 is 27.9 Å². The maximum absolute atomic E-state index is 14.0. The Bertz CT molecular complexity index is 1250. The first-order chi connectivity index (χ1) is 16.7. The van der Waals surface area contributed by atoms with Crippen LogP contribution in [0.15, 0.2) is 71.6 Å². The van der Waals surface area contributed by atoms with Crippen LogP contribution in [0.25, 0.3) is 0 Å². The van der Waals surface area contributed by atoms with Gasteiger partial charge in [-0.3, -0.25) is 14.4 Å². The second-order valence-corrected chi connectivity index (χ2v) is 10.7. The molecule has 2 aromatic carbocycles. The number of fused-ring (bicyclic) bond motifs is 1. The number of sulfonamides is 1. The van der Waals surface area contributed by atoms with Gasteiger partial charge in [0.25, 0.3) is 15.9 Å². The molecule has 35 heavy (non-hydrogen) atoms. The largest absolute Gasteiger partial charge is 0.460 e. The fourth-order valence-corrected chi connectivity index (χ4v) is 6.20. The quantitative estimate of drug-likeness (QED) is 0.343. The van der Waals surface area contributed by atoms with E-state index in [1.165, 1.54) is 25.1 Å². The lowest BCUT2D eigenvalue weighted by Gasteiger charge is -2.48. The van der Waals surface area contributed by atoms with Gasteiger partial charge in [-0.15, -0.1) is 0 Å². The van der Waals surface area contributed by atoms with Gasteiger partial charge in [0, 0.05) is 13.5 Å². The lowest BCUT2D eigenvalue weighted by atomic mass is 9.63. The van der Waals surface area contributed by atoms with Crippen molar-refractivity contribution in [2.45, 2.75) is 44.3 Å². The molecule has 4 rings (SSSR count). The number of hydrogen-bond donors (Lipinski definition) is 0. The molecule has 1 amide bonds. The highest BCUT2D eigenvalue weighted by atomic mass is 32.2. The predicted octanol–water partition coefficient (Wildman–Crippen LogP) is 3.15. The van der Waals surface area contributed by atoms with E-state index in [0.717, 1.165) is 9.87 Å². The Labute approximate surface area is 204 Å². The summed E-state index contributed by atoms with van der Waals surface area (Å²) in [5, 5.41) is 0. The van der Waals surface area contributed by atoms with E-state index in [1.807, 2.05) is 13.0 Å². The van der Waals surface area contributed by atoms with Gasteiger partial charge >= 0.3 is 11.9 Å². The molecule has 0 saturated carbocycles. The standard InChI is InChI=1S/C26H27NO7S/c1-18-11-13-22(14-12-18)35(31,32)27-16-15-21-9-6-10-23(34-19(2)28)26(21,24(27)29)25(30)33-17-20-7-4-3-5-8-20/h3-8,10-14,21,23H,9,15-17H2,1-2H3/t21-,23?,26-/m0/s1. The van der Waals surface area contributed by atoms with Crippen molar-refractivity contribution in [2.24, 2.45) is 11.3 Å². The normalized spacial score (nSPS) is 23.9. The van der Waals surface area contributed by atoms with E-state index < -0.39 is 45.3 Å². The number of nitrogens with zero attached hydrogens (tertiary/aromatic N) is 1. The molecule has 1 aliphatic heterocycles. The third kappa shape index (κ3) is 4.48. The third-order valence-electron chi connectivity index (χ3n) is 6.54. The molecule has 1 heterocycles. The van der Waals surface area contributed by atoms with E-state index in [0.29, 0.717) is 12.0 Å². The van der Waals surface area contributed by atoms with Crippen LogP contribution in [0.3, 0.4) is 0 Å². The summed E-state index contributed by atoms with van der Waals surface area (Å²) >= 11 is 0. The summed E-state index contributed by atoms with van der Waals surface area (Å²) in [6.45, 7) is 2.80. The van der Waals surface area contributed by atoms with E-state index in [1.54, 1.807) is 42.5 Å². The number of benzene rings is 2. The minimum atomic E-state index is -4.26. The van der Waals surface area contributed by atoms with Gasteiger partial charge in [0.05, 0.1) is 4.90 Å². The highest BCUT2D eigenvalue weighted by Gasteiger charge is 2.65. The molecule has 0 bridgehead atoms. The molecule has 2 aliphatic rings. The average Bonchev–Trinajstić information content (AvgIpc) is 2.83. The monoisotopic (exact) mass is 497 g/mol. The van der Waals surface area contributed by atoms with Gasteiger partial charge in [0.15, 0.2) is 5.41 Å². The lowest BCUT2D eigenvalue weighted by Crippen LogP contribution is -2.65. The highest BCUT2D eigenvalue weighted by Crippen LogP contribution is 2.48.